The quantitative estimate of drug-likeness (QED) is 0.742. The van der Waals surface area contributed by atoms with Crippen LogP contribution in [0.3, 0.4) is 0 Å². The number of nitrogens with zero attached hydrogens (tertiary/aromatic N) is 3. The Morgan fingerprint density at radius 3 is 2.85 bits per heavy atom. The fourth-order valence-corrected chi connectivity index (χ4v) is 2.34. The minimum atomic E-state index is 0.648. The largest absolute Gasteiger partial charge is 0.497 e. The van der Waals surface area contributed by atoms with Crippen LogP contribution in [0, 0.1) is 0 Å². The molecule has 0 spiro atoms. The van der Waals surface area contributed by atoms with E-state index < -0.39 is 0 Å². The van der Waals surface area contributed by atoms with E-state index in [4.69, 9.17) is 10.5 Å². The van der Waals surface area contributed by atoms with Gasteiger partial charge in [-0.2, -0.15) is 0 Å². The Labute approximate surface area is 117 Å². The van der Waals surface area contributed by atoms with E-state index in [2.05, 4.69) is 21.5 Å². The fraction of sp³-hybridized carbons (Fsp3) is 0.200. The Hall–Kier alpha value is -2.56. The number of anilines is 1. The maximum atomic E-state index is 6.12. The molecule has 0 radical (unpaired) electrons. The molecule has 102 valence electrons. The second-order valence-electron chi connectivity index (χ2n) is 4.48. The van der Waals surface area contributed by atoms with Gasteiger partial charge in [-0.1, -0.05) is 0 Å². The zero-order valence-electron chi connectivity index (χ0n) is 11.5. The van der Waals surface area contributed by atoms with Gasteiger partial charge in [-0.25, -0.2) is 9.97 Å². The van der Waals surface area contributed by atoms with Gasteiger partial charge in [0.15, 0.2) is 5.65 Å². The van der Waals surface area contributed by atoms with Crippen molar-refractivity contribution in [3.8, 4) is 17.1 Å². The average molecular weight is 268 g/mol. The number of imidazole rings is 1. The topological polar surface area (TPSA) is 66.0 Å². The maximum absolute atomic E-state index is 6.12. The molecule has 20 heavy (non-hydrogen) atoms. The second-order valence-corrected chi connectivity index (χ2v) is 4.48. The summed E-state index contributed by atoms with van der Waals surface area (Å²) in [5.41, 5.74) is 9.41. The number of nitrogen functional groups attached to an aromatic ring is 1. The maximum Gasteiger partial charge on any atom is 0.160 e. The monoisotopic (exact) mass is 268 g/mol. The van der Waals surface area contributed by atoms with Crippen molar-refractivity contribution in [3.63, 3.8) is 0 Å². The molecule has 5 nitrogen and oxygen atoms in total. The number of ether oxygens (including phenoxy) is 1. The molecule has 2 N–H and O–H groups in total. The Morgan fingerprint density at radius 2 is 2.15 bits per heavy atom. The number of hydrogen-bond donors (Lipinski definition) is 1. The van der Waals surface area contributed by atoms with Crippen molar-refractivity contribution >= 4 is 16.9 Å². The lowest BCUT2D eigenvalue weighted by atomic mass is 10.1. The van der Waals surface area contributed by atoms with Crippen LogP contribution in [0.2, 0.25) is 0 Å². The molecule has 1 aromatic carbocycles. The van der Waals surface area contributed by atoms with Gasteiger partial charge in [0.1, 0.15) is 17.1 Å². The number of rotatable bonds is 3. The molecule has 0 aliphatic heterocycles. The predicted octanol–water partition coefficient (Wildman–Crippen LogP) is 2.71. The van der Waals surface area contributed by atoms with Gasteiger partial charge in [0.25, 0.3) is 0 Å². The summed E-state index contributed by atoms with van der Waals surface area (Å²) in [6.45, 7) is 2.85. The number of nitrogens with two attached hydrogens (primary N) is 1. The van der Waals surface area contributed by atoms with Gasteiger partial charge >= 0.3 is 0 Å². The normalized spacial score (nSPS) is 10.9. The first kappa shape index (κ1) is 12.5. The minimum absolute atomic E-state index is 0.648. The average Bonchev–Trinajstić information content (AvgIpc) is 2.85. The minimum Gasteiger partial charge on any atom is -0.497 e. The van der Waals surface area contributed by atoms with Crippen molar-refractivity contribution in [2.24, 2.45) is 0 Å². The summed E-state index contributed by atoms with van der Waals surface area (Å²) < 4.78 is 7.24. The highest BCUT2D eigenvalue weighted by molar-refractivity contribution is 5.81. The molecule has 0 unspecified atom stereocenters. The Kier molecular flexibility index (Phi) is 3.02. The molecule has 0 saturated carbocycles. The van der Waals surface area contributed by atoms with E-state index in [9.17, 15) is 0 Å². The van der Waals surface area contributed by atoms with Gasteiger partial charge in [-0.15, -0.1) is 0 Å². The van der Waals surface area contributed by atoms with Crippen molar-refractivity contribution in [2.45, 2.75) is 13.5 Å². The van der Waals surface area contributed by atoms with Crippen LogP contribution < -0.4 is 10.5 Å². The highest BCUT2D eigenvalue weighted by Gasteiger charge is 2.14. The van der Waals surface area contributed by atoms with E-state index in [1.807, 2.05) is 30.3 Å². The van der Waals surface area contributed by atoms with Crippen LogP contribution in [0.25, 0.3) is 22.6 Å². The molecule has 0 fully saturated rings. The van der Waals surface area contributed by atoms with Crippen LogP contribution in [0.15, 0.2) is 36.5 Å². The summed E-state index contributed by atoms with van der Waals surface area (Å²) in [5.74, 6) is 1.57. The first-order chi connectivity index (χ1) is 9.74. The van der Waals surface area contributed by atoms with Crippen LogP contribution in [-0.4, -0.2) is 21.6 Å². The van der Waals surface area contributed by atoms with Crippen LogP contribution in [0.5, 0.6) is 5.75 Å². The van der Waals surface area contributed by atoms with E-state index in [1.165, 1.54) is 0 Å². The lowest BCUT2D eigenvalue weighted by molar-refractivity contribution is 0.415. The molecule has 3 rings (SSSR count). The smallest absolute Gasteiger partial charge is 0.160 e. The van der Waals surface area contributed by atoms with Crippen LogP contribution >= 0.6 is 0 Å². The third-order valence-corrected chi connectivity index (χ3v) is 3.32. The SMILES string of the molecule is CCn1c(-c2ccc(OC)cc2N)nc2cccnc21. The third-order valence-electron chi connectivity index (χ3n) is 3.32. The summed E-state index contributed by atoms with van der Waals surface area (Å²) in [4.78, 5) is 9.05. The van der Waals surface area contributed by atoms with E-state index >= 15 is 0 Å². The van der Waals surface area contributed by atoms with Gasteiger partial charge in [0.2, 0.25) is 0 Å². The number of aromatic nitrogens is 3. The van der Waals surface area contributed by atoms with Crippen LogP contribution in [-0.2, 0) is 6.54 Å². The third kappa shape index (κ3) is 1.87. The van der Waals surface area contributed by atoms with Gasteiger partial charge in [-0.3, -0.25) is 0 Å². The molecule has 0 amide bonds. The van der Waals surface area contributed by atoms with Crippen molar-refractivity contribution < 1.29 is 4.74 Å². The van der Waals surface area contributed by atoms with Crippen molar-refractivity contribution in [1.29, 1.82) is 0 Å². The fourth-order valence-electron chi connectivity index (χ4n) is 2.34. The predicted molar refractivity (Wildman–Crippen MR) is 79.6 cm³/mol. The van der Waals surface area contributed by atoms with E-state index in [0.717, 1.165) is 34.8 Å². The van der Waals surface area contributed by atoms with Crippen molar-refractivity contribution in [1.82, 2.24) is 14.5 Å². The molecule has 0 atom stereocenters. The number of aryl methyl sites for hydroxylation is 1. The van der Waals surface area contributed by atoms with Gasteiger partial charge in [0.05, 0.1) is 7.11 Å². The molecule has 0 bridgehead atoms. The molecule has 5 heteroatoms. The van der Waals surface area contributed by atoms with E-state index in [1.54, 1.807) is 13.3 Å². The molecule has 2 heterocycles. The molecule has 2 aromatic heterocycles. The van der Waals surface area contributed by atoms with Crippen molar-refractivity contribution in [3.05, 3.63) is 36.5 Å². The van der Waals surface area contributed by atoms with Gasteiger partial charge in [-0.05, 0) is 31.2 Å². The van der Waals surface area contributed by atoms with Crippen LogP contribution in [0.1, 0.15) is 6.92 Å². The van der Waals surface area contributed by atoms with Gasteiger partial charge in [0, 0.05) is 30.1 Å². The number of fused-ring (bicyclic) bond motifs is 1. The second kappa shape index (κ2) is 4.85. The Bertz CT molecular complexity index is 764. The summed E-state index contributed by atoms with van der Waals surface area (Å²) >= 11 is 0. The highest BCUT2D eigenvalue weighted by atomic mass is 16.5. The van der Waals surface area contributed by atoms with Gasteiger partial charge < -0.3 is 15.0 Å². The zero-order valence-corrected chi connectivity index (χ0v) is 11.5. The molecule has 0 aliphatic carbocycles. The van der Waals surface area contributed by atoms with E-state index in [-0.39, 0.29) is 0 Å². The molecular weight excluding hydrogens is 252 g/mol. The Balaban J connectivity index is 2.23. The molecular formula is C15H16N4O. The summed E-state index contributed by atoms with van der Waals surface area (Å²) in [6, 6.07) is 9.47. The van der Waals surface area contributed by atoms with E-state index in [0.29, 0.717) is 5.69 Å². The Morgan fingerprint density at radius 1 is 1.30 bits per heavy atom. The van der Waals surface area contributed by atoms with Crippen molar-refractivity contribution in [2.75, 3.05) is 12.8 Å². The lowest BCUT2D eigenvalue weighted by Crippen LogP contribution is -2.01. The number of methoxy groups -OCH3 is 1. The first-order valence-corrected chi connectivity index (χ1v) is 6.49. The lowest BCUT2D eigenvalue weighted by Gasteiger charge is -2.09. The zero-order chi connectivity index (χ0) is 14.1. The first-order valence-electron chi connectivity index (χ1n) is 6.49. The summed E-state index contributed by atoms with van der Waals surface area (Å²) in [6.07, 6.45) is 1.78. The molecule has 3 aromatic rings. The van der Waals surface area contributed by atoms with Crippen LogP contribution in [0.4, 0.5) is 5.69 Å². The number of pyridine rings is 1. The summed E-state index contributed by atoms with van der Waals surface area (Å²) in [7, 11) is 1.62. The highest BCUT2D eigenvalue weighted by Crippen LogP contribution is 2.30. The standard InChI is InChI=1S/C15H16N4O/c1-3-19-14(18-13-5-4-8-17-15(13)19)11-7-6-10(20-2)9-12(11)16/h4-9H,3,16H2,1-2H3. The molecule has 0 aliphatic rings. The number of benzene rings is 1. The number of hydrogen-bond acceptors (Lipinski definition) is 4. The molecule has 0 saturated heterocycles. The summed E-state index contributed by atoms with van der Waals surface area (Å²) in [5, 5.41) is 0.